The van der Waals surface area contributed by atoms with Crippen LogP contribution < -0.4 is 24.8 Å². The number of aryl methyl sites for hydroxylation is 1. The van der Waals surface area contributed by atoms with Crippen LogP contribution in [0.1, 0.15) is 18.3 Å². The first kappa shape index (κ1) is 17.5. The van der Waals surface area contributed by atoms with Crippen molar-refractivity contribution in [2.75, 3.05) is 32.0 Å². The van der Waals surface area contributed by atoms with Gasteiger partial charge in [-0.2, -0.15) is 10.1 Å². The standard InChI is InChI=1S/C16H19N5O5/c1-8-17-16-19-15(23)10(21(16)20-8)7-13(22)18-9-5-11(24-2)14(26-4)12(6-9)25-3/h5-6,10H,7H2,1-4H3,(H,18,22)(H,17,19,20,23). The van der Waals surface area contributed by atoms with Crippen LogP contribution in [0.4, 0.5) is 11.6 Å². The Kier molecular flexibility index (Phi) is 4.65. The van der Waals surface area contributed by atoms with Crippen molar-refractivity contribution in [1.29, 1.82) is 0 Å². The van der Waals surface area contributed by atoms with Crippen molar-refractivity contribution in [3.05, 3.63) is 18.0 Å². The smallest absolute Gasteiger partial charge is 0.252 e. The molecule has 0 saturated carbocycles. The van der Waals surface area contributed by atoms with Crippen LogP contribution in [0.2, 0.25) is 0 Å². The first-order valence-corrected chi connectivity index (χ1v) is 7.80. The summed E-state index contributed by atoms with van der Waals surface area (Å²) in [6, 6.07) is 2.48. The van der Waals surface area contributed by atoms with E-state index < -0.39 is 6.04 Å². The third kappa shape index (κ3) is 3.13. The number of hydrogen-bond acceptors (Lipinski definition) is 7. The fourth-order valence-corrected chi connectivity index (χ4v) is 2.76. The van der Waals surface area contributed by atoms with Gasteiger partial charge in [-0.25, -0.2) is 4.68 Å². The Morgan fingerprint density at radius 2 is 1.88 bits per heavy atom. The molecule has 26 heavy (non-hydrogen) atoms. The molecule has 2 heterocycles. The number of benzene rings is 1. The van der Waals surface area contributed by atoms with Crippen molar-refractivity contribution in [3.63, 3.8) is 0 Å². The van der Waals surface area contributed by atoms with Gasteiger partial charge >= 0.3 is 0 Å². The van der Waals surface area contributed by atoms with Gasteiger partial charge in [-0.3, -0.25) is 14.9 Å². The van der Waals surface area contributed by atoms with E-state index in [1.54, 1.807) is 19.1 Å². The molecule has 10 heteroatoms. The molecule has 2 aromatic rings. The molecular formula is C16H19N5O5. The molecule has 1 aliphatic heterocycles. The molecule has 1 atom stereocenters. The molecular weight excluding hydrogens is 342 g/mol. The van der Waals surface area contributed by atoms with Gasteiger partial charge < -0.3 is 19.5 Å². The number of carbonyl (C=O) groups excluding carboxylic acids is 2. The second-order valence-corrected chi connectivity index (χ2v) is 5.60. The van der Waals surface area contributed by atoms with Crippen LogP contribution >= 0.6 is 0 Å². The first-order valence-electron chi connectivity index (χ1n) is 7.80. The average molecular weight is 361 g/mol. The molecule has 1 aromatic heterocycles. The first-order chi connectivity index (χ1) is 12.5. The Labute approximate surface area is 149 Å². The molecule has 2 amide bonds. The Balaban J connectivity index is 1.77. The average Bonchev–Trinajstić information content (AvgIpc) is 3.10. The Bertz CT molecular complexity index is 838. The molecule has 0 fully saturated rings. The lowest BCUT2D eigenvalue weighted by Crippen LogP contribution is -2.23. The minimum atomic E-state index is -0.742. The Morgan fingerprint density at radius 1 is 1.23 bits per heavy atom. The number of hydrogen-bond donors (Lipinski definition) is 2. The molecule has 10 nitrogen and oxygen atoms in total. The van der Waals surface area contributed by atoms with Gasteiger partial charge in [-0.05, 0) is 6.92 Å². The summed E-state index contributed by atoms with van der Waals surface area (Å²) in [5.41, 5.74) is 0.456. The normalized spacial score (nSPS) is 15.2. The highest BCUT2D eigenvalue weighted by molar-refractivity contribution is 6.01. The van der Waals surface area contributed by atoms with Crippen LogP contribution in [0.15, 0.2) is 12.1 Å². The van der Waals surface area contributed by atoms with E-state index in [-0.39, 0.29) is 18.2 Å². The van der Waals surface area contributed by atoms with Gasteiger partial charge in [0.25, 0.3) is 5.91 Å². The van der Waals surface area contributed by atoms with Gasteiger partial charge in [0.05, 0.1) is 27.8 Å². The maximum Gasteiger partial charge on any atom is 0.252 e. The number of methoxy groups -OCH3 is 3. The number of amides is 2. The predicted molar refractivity (Wildman–Crippen MR) is 91.8 cm³/mol. The van der Waals surface area contributed by atoms with Crippen LogP contribution in [0.25, 0.3) is 0 Å². The Hall–Kier alpha value is -3.30. The molecule has 0 aliphatic carbocycles. The van der Waals surface area contributed by atoms with Gasteiger partial charge in [-0.1, -0.05) is 0 Å². The van der Waals surface area contributed by atoms with E-state index in [4.69, 9.17) is 14.2 Å². The number of ether oxygens (including phenoxy) is 3. The minimum absolute atomic E-state index is 0.0850. The second-order valence-electron chi connectivity index (χ2n) is 5.60. The summed E-state index contributed by atoms with van der Waals surface area (Å²) in [4.78, 5) is 28.5. The van der Waals surface area contributed by atoms with E-state index in [2.05, 4.69) is 20.7 Å². The molecule has 0 saturated heterocycles. The lowest BCUT2D eigenvalue weighted by Gasteiger charge is -2.15. The topological polar surface area (TPSA) is 117 Å². The summed E-state index contributed by atoms with van der Waals surface area (Å²) in [6.07, 6.45) is -0.0850. The van der Waals surface area contributed by atoms with E-state index in [0.717, 1.165) is 0 Å². The van der Waals surface area contributed by atoms with Crippen molar-refractivity contribution in [1.82, 2.24) is 14.8 Å². The number of nitrogens with one attached hydrogen (secondary N) is 2. The highest BCUT2D eigenvalue weighted by atomic mass is 16.5. The maximum absolute atomic E-state index is 12.4. The molecule has 0 spiro atoms. The number of nitrogens with zero attached hydrogens (tertiary/aromatic N) is 3. The van der Waals surface area contributed by atoms with E-state index in [0.29, 0.717) is 34.7 Å². The van der Waals surface area contributed by atoms with Crippen LogP contribution in [0, 0.1) is 6.92 Å². The second kappa shape index (κ2) is 6.90. The highest BCUT2D eigenvalue weighted by Crippen LogP contribution is 2.40. The minimum Gasteiger partial charge on any atom is -0.493 e. The van der Waals surface area contributed by atoms with E-state index in [1.165, 1.54) is 26.0 Å². The number of rotatable bonds is 6. The summed E-state index contributed by atoms with van der Waals surface area (Å²) in [5.74, 6) is 1.43. The predicted octanol–water partition coefficient (Wildman–Crippen LogP) is 1.13. The van der Waals surface area contributed by atoms with Crippen LogP contribution in [-0.4, -0.2) is 47.9 Å². The number of anilines is 2. The van der Waals surface area contributed by atoms with Gasteiger partial charge in [-0.15, -0.1) is 0 Å². The molecule has 1 aliphatic rings. The largest absolute Gasteiger partial charge is 0.493 e. The van der Waals surface area contributed by atoms with Gasteiger partial charge in [0, 0.05) is 17.8 Å². The summed E-state index contributed by atoms with van der Waals surface area (Å²) in [7, 11) is 4.47. The van der Waals surface area contributed by atoms with E-state index >= 15 is 0 Å². The molecule has 138 valence electrons. The van der Waals surface area contributed by atoms with Crippen LogP contribution in [0.3, 0.4) is 0 Å². The van der Waals surface area contributed by atoms with Gasteiger partial charge in [0.15, 0.2) is 11.5 Å². The lowest BCUT2D eigenvalue weighted by atomic mass is 10.2. The van der Waals surface area contributed by atoms with Crippen LogP contribution in [-0.2, 0) is 9.59 Å². The monoisotopic (exact) mass is 361 g/mol. The zero-order chi connectivity index (χ0) is 18.8. The summed E-state index contributed by atoms with van der Waals surface area (Å²) >= 11 is 0. The molecule has 1 unspecified atom stereocenters. The number of aromatic nitrogens is 3. The van der Waals surface area contributed by atoms with Crippen molar-refractivity contribution in [2.45, 2.75) is 19.4 Å². The third-order valence-electron chi connectivity index (χ3n) is 3.90. The maximum atomic E-state index is 12.4. The summed E-state index contributed by atoms with van der Waals surface area (Å²) in [5, 5.41) is 9.48. The quantitative estimate of drug-likeness (QED) is 0.792. The third-order valence-corrected chi connectivity index (χ3v) is 3.90. The molecule has 0 bridgehead atoms. The van der Waals surface area contributed by atoms with Crippen molar-refractivity contribution in [3.8, 4) is 17.2 Å². The van der Waals surface area contributed by atoms with Crippen molar-refractivity contribution in [2.24, 2.45) is 0 Å². The molecule has 2 N–H and O–H groups in total. The SMILES string of the molecule is COc1cc(NC(=O)CC2C(=O)Nc3nc(C)nn32)cc(OC)c1OC. The zero-order valence-corrected chi connectivity index (χ0v) is 14.8. The summed E-state index contributed by atoms with van der Waals surface area (Å²) in [6.45, 7) is 1.71. The summed E-state index contributed by atoms with van der Waals surface area (Å²) < 4.78 is 17.2. The zero-order valence-electron chi connectivity index (χ0n) is 14.8. The number of fused-ring (bicyclic) bond motifs is 1. The fourth-order valence-electron chi connectivity index (χ4n) is 2.76. The van der Waals surface area contributed by atoms with E-state index in [9.17, 15) is 9.59 Å². The van der Waals surface area contributed by atoms with Crippen molar-refractivity contribution >= 4 is 23.5 Å². The van der Waals surface area contributed by atoms with Crippen molar-refractivity contribution < 1.29 is 23.8 Å². The van der Waals surface area contributed by atoms with Crippen LogP contribution in [0.5, 0.6) is 17.2 Å². The molecule has 0 radical (unpaired) electrons. The van der Waals surface area contributed by atoms with Gasteiger partial charge in [0.1, 0.15) is 11.9 Å². The molecule has 1 aromatic carbocycles. The fraction of sp³-hybridized carbons (Fsp3) is 0.375. The van der Waals surface area contributed by atoms with Gasteiger partial charge in [0.2, 0.25) is 17.6 Å². The molecule has 3 rings (SSSR count). The lowest BCUT2D eigenvalue weighted by molar-refractivity contribution is -0.123. The number of carbonyl (C=O) groups is 2. The highest BCUT2D eigenvalue weighted by Gasteiger charge is 2.34. The van der Waals surface area contributed by atoms with E-state index in [1.807, 2.05) is 0 Å². The Morgan fingerprint density at radius 3 is 2.46 bits per heavy atom.